The first-order valence-electron chi connectivity index (χ1n) is 11.8. The minimum atomic E-state index is -0.568. The predicted octanol–water partition coefficient (Wildman–Crippen LogP) is 4.66. The van der Waals surface area contributed by atoms with Gasteiger partial charge in [0.15, 0.2) is 16.6 Å². The largest absolute Gasteiger partial charge is 0.454 e. The number of amides is 1. The molecule has 1 amide bonds. The number of fused-ring (bicyclic) bond motifs is 1. The molecule has 2 aromatic carbocycles. The van der Waals surface area contributed by atoms with Gasteiger partial charge >= 0.3 is 0 Å². The van der Waals surface area contributed by atoms with Gasteiger partial charge in [0.25, 0.3) is 0 Å². The van der Waals surface area contributed by atoms with Crippen LogP contribution in [0.1, 0.15) is 47.0 Å². The first kappa shape index (κ1) is 22.8. The molecule has 2 atom stereocenters. The van der Waals surface area contributed by atoms with Gasteiger partial charge in [-0.15, -0.1) is 0 Å². The lowest BCUT2D eigenvalue weighted by molar-refractivity contribution is -0.118. The van der Waals surface area contributed by atoms with E-state index in [2.05, 4.69) is 10.2 Å². The van der Waals surface area contributed by atoms with E-state index in [9.17, 15) is 9.90 Å². The Morgan fingerprint density at radius 2 is 2.06 bits per heavy atom. The maximum Gasteiger partial charge on any atom is 0.236 e. The van der Waals surface area contributed by atoms with Crippen molar-refractivity contribution in [2.24, 2.45) is 0 Å². The number of rotatable bonds is 6. The Kier molecular flexibility index (Phi) is 5.72. The van der Waals surface area contributed by atoms with Gasteiger partial charge in [-0.1, -0.05) is 47.2 Å². The second kappa shape index (κ2) is 8.78. The van der Waals surface area contributed by atoms with Crippen LogP contribution in [0.15, 0.2) is 42.5 Å². The molecular formula is C26H26ClN3O4S. The zero-order chi connectivity index (χ0) is 24.2. The number of likely N-dealkylation sites (tertiary alicyclic amines) is 1. The maximum atomic E-state index is 13.4. The predicted molar refractivity (Wildman–Crippen MR) is 134 cm³/mol. The number of anilines is 1. The summed E-state index contributed by atoms with van der Waals surface area (Å²) < 4.78 is 10.9. The van der Waals surface area contributed by atoms with E-state index in [0.717, 1.165) is 47.5 Å². The molecule has 0 bridgehead atoms. The molecular weight excluding hydrogens is 486 g/mol. The highest BCUT2D eigenvalue weighted by Gasteiger charge is 2.52. The maximum absolute atomic E-state index is 13.4. The average molecular weight is 512 g/mol. The second-order valence-corrected chi connectivity index (χ2v) is 10.9. The fourth-order valence-electron chi connectivity index (χ4n) is 5.10. The van der Waals surface area contributed by atoms with Gasteiger partial charge in [0, 0.05) is 18.1 Å². The highest BCUT2D eigenvalue weighted by Crippen LogP contribution is 2.51. The molecule has 1 saturated carbocycles. The summed E-state index contributed by atoms with van der Waals surface area (Å²) in [5.74, 6) is 1.34. The molecule has 182 valence electrons. The Balaban J connectivity index is 1.28. The van der Waals surface area contributed by atoms with E-state index in [-0.39, 0.29) is 24.8 Å². The summed E-state index contributed by atoms with van der Waals surface area (Å²) in [7, 11) is 0. The van der Waals surface area contributed by atoms with E-state index in [0.29, 0.717) is 28.2 Å². The minimum absolute atomic E-state index is 0.0532. The molecule has 0 radical (unpaired) electrons. The van der Waals surface area contributed by atoms with Gasteiger partial charge in [-0.05, 0) is 55.5 Å². The van der Waals surface area contributed by atoms with Crippen molar-refractivity contribution < 1.29 is 19.4 Å². The molecule has 1 aliphatic carbocycles. The molecule has 3 heterocycles. The third kappa shape index (κ3) is 4.08. The zero-order valence-corrected chi connectivity index (χ0v) is 20.9. The van der Waals surface area contributed by atoms with Crippen LogP contribution in [0, 0.1) is 6.92 Å². The summed E-state index contributed by atoms with van der Waals surface area (Å²) in [6.45, 7) is 3.51. The number of benzene rings is 2. The first-order chi connectivity index (χ1) is 16.9. The smallest absolute Gasteiger partial charge is 0.236 e. The van der Waals surface area contributed by atoms with Crippen LogP contribution in [0.4, 0.5) is 5.13 Å². The standard InChI is InChI=1S/C26H26ClN3O4S/c1-15-23(22(30-11-8-17(31)13-30)18-4-2-3-5-19(18)27)35-25(28-15)29-24(32)26(9-10-26)16-6-7-20-21(12-16)34-14-33-20/h2-7,12,17,22,31H,8-11,13-14H2,1H3,(H,28,29,32)/t17-,22?/m0/s1. The number of thiazole rings is 1. The molecule has 2 aliphatic heterocycles. The SMILES string of the molecule is Cc1nc(NC(=O)C2(c3ccc4c(c3)OCO4)CC2)sc1C(c1ccccc1Cl)N1CC[C@H](O)C1. The summed E-state index contributed by atoms with van der Waals surface area (Å²) in [5, 5.41) is 14.5. The first-order valence-corrected chi connectivity index (χ1v) is 13.0. The van der Waals surface area contributed by atoms with Crippen LogP contribution >= 0.6 is 22.9 Å². The van der Waals surface area contributed by atoms with Gasteiger partial charge in [0.1, 0.15) is 0 Å². The van der Waals surface area contributed by atoms with Gasteiger partial charge < -0.3 is 19.9 Å². The Morgan fingerprint density at radius 3 is 2.80 bits per heavy atom. The van der Waals surface area contributed by atoms with Crippen LogP contribution < -0.4 is 14.8 Å². The molecule has 1 unspecified atom stereocenters. The highest BCUT2D eigenvalue weighted by atomic mass is 35.5. The van der Waals surface area contributed by atoms with Gasteiger partial charge in [0.2, 0.25) is 12.7 Å². The summed E-state index contributed by atoms with van der Waals surface area (Å²) in [4.78, 5) is 21.4. The molecule has 9 heteroatoms. The van der Waals surface area contributed by atoms with Gasteiger partial charge in [-0.2, -0.15) is 0 Å². The molecule has 3 aliphatic rings. The summed E-state index contributed by atoms with van der Waals surface area (Å²) >= 11 is 8.09. The van der Waals surface area contributed by atoms with Crippen molar-refractivity contribution >= 4 is 34.0 Å². The monoisotopic (exact) mass is 511 g/mol. The third-order valence-electron chi connectivity index (χ3n) is 7.17. The average Bonchev–Trinajstić information content (AvgIpc) is 3.13. The molecule has 3 aromatic rings. The quantitative estimate of drug-likeness (QED) is 0.501. The number of aliphatic hydroxyl groups is 1. The summed E-state index contributed by atoms with van der Waals surface area (Å²) in [6.07, 6.45) is 1.93. The van der Waals surface area contributed by atoms with Crippen molar-refractivity contribution in [2.75, 3.05) is 25.2 Å². The molecule has 2 fully saturated rings. The van der Waals surface area contributed by atoms with Crippen molar-refractivity contribution in [3.8, 4) is 11.5 Å². The van der Waals surface area contributed by atoms with E-state index in [1.54, 1.807) is 0 Å². The van der Waals surface area contributed by atoms with Crippen LogP contribution in [0.2, 0.25) is 5.02 Å². The molecule has 0 spiro atoms. The Labute approximate surface area is 212 Å². The third-order valence-corrected chi connectivity index (χ3v) is 8.64. The number of β-amino-alcohol motifs (C(OH)–C–C–N with tert-alkyl or cyclic N) is 1. The Bertz CT molecular complexity index is 1290. The van der Waals surface area contributed by atoms with Gasteiger partial charge in [-0.25, -0.2) is 4.98 Å². The molecule has 35 heavy (non-hydrogen) atoms. The fourth-order valence-corrected chi connectivity index (χ4v) is 6.46. The lowest BCUT2D eigenvalue weighted by Crippen LogP contribution is -2.28. The number of carbonyl (C=O) groups excluding carboxylic acids is 1. The van der Waals surface area contributed by atoms with Gasteiger partial charge in [-0.3, -0.25) is 9.69 Å². The second-order valence-electron chi connectivity index (χ2n) is 9.43. The number of nitrogens with one attached hydrogen (secondary N) is 1. The number of halogens is 1. The van der Waals surface area contributed by atoms with Crippen LogP contribution in [-0.2, 0) is 10.2 Å². The van der Waals surface area contributed by atoms with Gasteiger partial charge in [0.05, 0.1) is 28.1 Å². The number of ether oxygens (including phenoxy) is 2. The molecule has 1 aromatic heterocycles. The number of carbonyl (C=O) groups is 1. The Morgan fingerprint density at radius 1 is 1.26 bits per heavy atom. The number of hydrogen-bond acceptors (Lipinski definition) is 7. The lowest BCUT2D eigenvalue weighted by Gasteiger charge is -2.28. The molecule has 7 nitrogen and oxygen atoms in total. The topological polar surface area (TPSA) is 83.9 Å². The fraction of sp³-hybridized carbons (Fsp3) is 0.385. The van der Waals surface area contributed by atoms with Crippen LogP contribution in [0.3, 0.4) is 0 Å². The number of aryl methyl sites for hydroxylation is 1. The number of hydrogen-bond donors (Lipinski definition) is 2. The van der Waals surface area contributed by atoms with Crippen molar-refractivity contribution in [3.05, 3.63) is 69.2 Å². The lowest BCUT2D eigenvalue weighted by atomic mass is 9.94. The van der Waals surface area contributed by atoms with E-state index in [1.165, 1.54) is 11.3 Å². The van der Waals surface area contributed by atoms with E-state index in [4.69, 9.17) is 26.1 Å². The summed E-state index contributed by atoms with van der Waals surface area (Å²) in [5.41, 5.74) is 2.20. The van der Waals surface area contributed by atoms with E-state index in [1.807, 2.05) is 49.4 Å². The minimum Gasteiger partial charge on any atom is -0.454 e. The van der Waals surface area contributed by atoms with E-state index < -0.39 is 5.41 Å². The van der Waals surface area contributed by atoms with Crippen LogP contribution in [0.5, 0.6) is 11.5 Å². The normalized spacial score (nSPS) is 21.2. The van der Waals surface area contributed by atoms with Crippen LogP contribution in [-0.4, -0.2) is 46.9 Å². The molecule has 6 rings (SSSR count). The van der Waals surface area contributed by atoms with Crippen LogP contribution in [0.25, 0.3) is 0 Å². The zero-order valence-electron chi connectivity index (χ0n) is 19.3. The summed E-state index contributed by atoms with van der Waals surface area (Å²) in [6, 6.07) is 13.4. The number of aliphatic hydroxyl groups excluding tert-OH is 1. The van der Waals surface area contributed by atoms with E-state index >= 15 is 0 Å². The number of nitrogens with zero attached hydrogens (tertiary/aromatic N) is 2. The molecule has 1 saturated heterocycles. The van der Waals surface area contributed by atoms with Crippen molar-refractivity contribution in [1.82, 2.24) is 9.88 Å². The van der Waals surface area contributed by atoms with Crippen molar-refractivity contribution in [1.29, 1.82) is 0 Å². The highest BCUT2D eigenvalue weighted by molar-refractivity contribution is 7.16. The number of aromatic nitrogens is 1. The molecule has 2 N–H and O–H groups in total. The Hall–Kier alpha value is -2.65. The van der Waals surface area contributed by atoms with Crippen molar-refractivity contribution in [3.63, 3.8) is 0 Å². The van der Waals surface area contributed by atoms with Crippen molar-refractivity contribution in [2.45, 2.75) is 43.7 Å².